The van der Waals surface area contributed by atoms with Gasteiger partial charge in [0.2, 0.25) is 11.7 Å². The predicted molar refractivity (Wildman–Crippen MR) is 110 cm³/mol. The lowest BCUT2D eigenvalue weighted by atomic mass is 9.96. The maximum atomic E-state index is 12.7. The first-order valence-electron chi connectivity index (χ1n) is 10.2. The third-order valence-electron chi connectivity index (χ3n) is 4.81. The smallest absolute Gasteiger partial charge is 0.269 e. The van der Waals surface area contributed by atoms with Gasteiger partial charge in [-0.2, -0.15) is 0 Å². The number of ether oxygens (including phenoxy) is 3. The van der Waals surface area contributed by atoms with E-state index in [1.165, 1.54) is 0 Å². The maximum absolute atomic E-state index is 12.7. The number of benzene rings is 1. The van der Waals surface area contributed by atoms with E-state index in [0.717, 1.165) is 12.2 Å². The maximum Gasteiger partial charge on any atom is 0.269 e. The van der Waals surface area contributed by atoms with Crippen LogP contribution in [0.4, 0.5) is 0 Å². The molecule has 2 N–H and O–H groups in total. The highest BCUT2D eigenvalue weighted by atomic mass is 16.5. The quantitative estimate of drug-likeness (QED) is 0.639. The first-order chi connectivity index (χ1) is 14.6. The number of amides is 2. The zero-order valence-electron chi connectivity index (χ0n) is 17.6. The van der Waals surface area contributed by atoms with Crippen LogP contribution in [0.3, 0.4) is 0 Å². The van der Waals surface area contributed by atoms with E-state index < -0.39 is 5.91 Å². The van der Waals surface area contributed by atoms with Gasteiger partial charge in [0.25, 0.3) is 5.91 Å². The average Bonchev–Trinajstić information content (AvgIpc) is 3.22. The molecular formula is C21H28N4O5. The molecule has 1 aromatic heterocycles. The minimum atomic E-state index is -0.464. The second-order valence-electron chi connectivity index (χ2n) is 6.81. The molecule has 9 heteroatoms. The molecule has 0 saturated carbocycles. The van der Waals surface area contributed by atoms with E-state index in [1.807, 2.05) is 25.3 Å². The monoisotopic (exact) mass is 416 g/mol. The number of hydrazine groups is 1. The molecule has 0 aliphatic carbocycles. The Labute approximate surface area is 175 Å². The Morgan fingerprint density at radius 3 is 2.37 bits per heavy atom. The second kappa shape index (κ2) is 10.00. The van der Waals surface area contributed by atoms with Gasteiger partial charge in [-0.3, -0.25) is 20.4 Å². The molecule has 0 bridgehead atoms. The molecule has 9 nitrogen and oxygen atoms in total. The van der Waals surface area contributed by atoms with Crippen LogP contribution >= 0.6 is 0 Å². The zero-order chi connectivity index (χ0) is 21.5. The van der Waals surface area contributed by atoms with Crippen molar-refractivity contribution in [2.45, 2.75) is 40.2 Å². The summed E-state index contributed by atoms with van der Waals surface area (Å²) in [6.45, 7) is 7.54. The molecule has 0 saturated heterocycles. The molecule has 162 valence electrons. The normalized spacial score (nSPS) is 15.1. The predicted octanol–water partition coefficient (Wildman–Crippen LogP) is 2.10. The summed E-state index contributed by atoms with van der Waals surface area (Å²) in [5, 5.41) is 0. The highest BCUT2D eigenvalue weighted by molar-refractivity contribution is 5.96. The van der Waals surface area contributed by atoms with Gasteiger partial charge in [0, 0.05) is 36.3 Å². The number of imidazole rings is 1. The first-order valence-corrected chi connectivity index (χ1v) is 10.2. The van der Waals surface area contributed by atoms with E-state index in [0.29, 0.717) is 55.5 Å². The minimum Gasteiger partial charge on any atom is -0.490 e. The first kappa shape index (κ1) is 21.5. The van der Waals surface area contributed by atoms with Crippen LogP contribution < -0.4 is 25.1 Å². The van der Waals surface area contributed by atoms with Gasteiger partial charge in [-0.25, -0.2) is 4.98 Å². The number of carbonyl (C=O) groups excluding carboxylic acids is 2. The van der Waals surface area contributed by atoms with Crippen molar-refractivity contribution in [3.8, 4) is 17.2 Å². The topological polar surface area (TPSA) is 104 Å². The number of rotatable bonds is 8. The minimum absolute atomic E-state index is 0.215. The molecule has 0 fully saturated rings. The van der Waals surface area contributed by atoms with Gasteiger partial charge >= 0.3 is 0 Å². The summed E-state index contributed by atoms with van der Waals surface area (Å²) in [5.41, 5.74) is 6.34. The average molecular weight is 416 g/mol. The summed E-state index contributed by atoms with van der Waals surface area (Å²) < 4.78 is 18.9. The third kappa shape index (κ3) is 4.84. The summed E-state index contributed by atoms with van der Waals surface area (Å²) in [6, 6.07) is 3.16. The molecule has 0 unspecified atom stereocenters. The Morgan fingerprint density at radius 2 is 1.73 bits per heavy atom. The fourth-order valence-electron chi connectivity index (χ4n) is 3.41. The van der Waals surface area contributed by atoms with Gasteiger partial charge in [0.1, 0.15) is 0 Å². The lowest BCUT2D eigenvalue weighted by Gasteiger charge is -2.23. The van der Waals surface area contributed by atoms with Crippen LogP contribution in [0.5, 0.6) is 17.2 Å². The van der Waals surface area contributed by atoms with Gasteiger partial charge in [0.15, 0.2) is 11.5 Å². The van der Waals surface area contributed by atoms with Crippen molar-refractivity contribution in [3.05, 3.63) is 35.9 Å². The molecule has 30 heavy (non-hydrogen) atoms. The lowest BCUT2D eigenvalue weighted by Crippen LogP contribution is -2.46. The molecule has 2 aromatic rings. The lowest BCUT2D eigenvalue weighted by molar-refractivity contribution is -0.126. The fraction of sp³-hybridized carbons (Fsp3) is 0.476. The molecule has 2 amide bonds. The van der Waals surface area contributed by atoms with E-state index in [9.17, 15) is 9.59 Å². The van der Waals surface area contributed by atoms with Gasteiger partial charge in [-0.15, -0.1) is 0 Å². The Balaban J connectivity index is 1.69. The molecule has 1 aliphatic heterocycles. The Bertz CT molecular complexity index is 868. The summed E-state index contributed by atoms with van der Waals surface area (Å²) in [6.07, 6.45) is 4.82. The van der Waals surface area contributed by atoms with Crippen molar-refractivity contribution < 1.29 is 23.8 Å². The molecule has 1 aliphatic rings. The SMILES string of the molecule is CCOc1cc(C(=O)NNC(=O)[C@@H]2CCn3cncc3C2)cc(OCC)c1OCC. The van der Waals surface area contributed by atoms with Crippen molar-refractivity contribution >= 4 is 11.8 Å². The van der Waals surface area contributed by atoms with E-state index in [4.69, 9.17) is 14.2 Å². The van der Waals surface area contributed by atoms with Crippen LogP contribution in [-0.4, -0.2) is 41.2 Å². The summed E-state index contributed by atoms with van der Waals surface area (Å²) in [5.74, 6) is 0.393. The largest absolute Gasteiger partial charge is 0.490 e. The molecule has 3 rings (SSSR count). The van der Waals surface area contributed by atoms with E-state index in [2.05, 4.69) is 15.8 Å². The Morgan fingerprint density at radius 1 is 1.07 bits per heavy atom. The Kier molecular flexibility index (Phi) is 7.16. The fourth-order valence-corrected chi connectivity index (χ4v) is 3.41. The number of nitrogens with zero attached hydrogens (tertiary/aromatic N) is 2. The number of aromatic nitrogens is 2. The summed E-state index contributed by atoms with van der Waals surface area (Å²) in [7, 11) is 0. The van der Waals surface area contributed by atoms with Crippen molar-refractivity contribution in [1.29, 1.82) is 0 Å². The summed E-state index contributed by atoms with van der Waals surface area (Å²) >= 11 is 0. The molecular weight excluding hydrogens is 388 g/mol. The highest BCUT2D eigenvalue weighted by Crippen LogP contribution is 2.39. The highest BCUT2D eigenvalue weighted by Gasteiger charge is 2.25. The molecule has 1 aromatic carbocycles. The summed E-state index contributed by atoms with van der Waals surface area (Å²) in [4.78, 5) is 29.3. The van der Waals surface area contributed by atoms with Gasteiger partial charge in [-0.1, -0.05) is 0 Å². The molecule has 0 spiro atoms. The molecule has 1 atom stereocenters. The van der Waals surface area contributed by atoms with Crippen LogP contribution in [0.1, 0.15) is 43.2 Å². The number of nitrogens with one attached hydrogen (secondary N) is 2. The van der Waals surface area contributed by atoms with Crippen LogP contribution in [0.15, 0.2) is 24.7 Å². The van der Waals surface area contributed by atoms with Crippen LogP contribution in [0, 0.1) is 5.92 Å². The number of aryl methyl sites for hydroxylation is 1. The third-order valence-corrected chi connectivity index (χ3v) is 4.81. The number of carbonyl (C=O) groups is 2. The zero-order valence-corrected chi connectivity index (χ0v) is 17.6. The van der Waals surface area contributed by atoms with Crippen LogP contribution in [-0.2, 0) is 17.8 Å². The number of hydrogen-bond acceptors (Lipinski definition) is 6. The van der Waals surface area contributed by atoms with Gasteiger partial charge < -0.3 is 18.8 Å². The standard InChI is InChI=1S/C21H28N4O5/c1-4-28-17-10-15(11-18(29-5-2)19(17)30-6-3)21(27)24-23-20(26)14-7-8-25-13-22-12-16(25)9-14/h10-14H,4-9H2,1-3H3,(H,23,26)(H,24,27)/t14-/m1/s1. The van der Waals surface area contributed by atoms with E-state index in [1.54, 1.807) is 24.7 Å². The van der Waals surface area contributed by atoms with Gasteiger partial charge in [-0.05, 0) is 39.3 Å². The van der Waals surface area contributed by atoms with Crippen molar-refractivity contribution in [3.63, 3.8) is 0 Å². The van der Waals surface area contributed by atoms with Crippen LogP contribution in [0.25, 0.3) is 0 Å². The van der Waals surface area contributed by atoms with Crippen molar-refractivity contribution in [1.82, 2.24) is 20.4 Å². The van der Waals surface area contributed by atoms with Crippen molar-refractivity contribution in [2.75, 3.05) is 19.8 Å². The van der Waals surface area contributed by atoms with E-state index in [-0.39, 0.29) is 11.8 Å². The Hall–Kier alpha value is -3.23. The van der Waals surface area contributed by atoms with Gasteiger partial charge in [0.05, 0.1) is 26.1 Å². The van der Waals surface area contributed by atoms with E-state index >= 15 is 0 Å². The molecule has 0 radical (unpaired) electrons. The molecule has 2 heterocycles. The number of hydrogen-bond donors (Lipinski definition) is 2. The number of fused-ring (bicyclic) bond motifs is 1. The second-order valence-corrected chi connectivity index (χ2v) is 6.81. The van der Waals surface area contributed by atoms with Crippen molar-refractivity contribution in [2.24, 2.45) is 5.92 Å². The van der Waals surface area contributed by atoms with Crippen LogP contribution in [0.2, 0.25) is 0 Å².